The van der Waals surface area contributed by atoms with Gasteiger partial charge < -0.3 is 14.2 Å². The maximum Gasteiger partial charge on any atom is 0.338 e. The Bertz CT molecular complexity index is 912. The normalized spacial score (nSPS) is 34.2. The Morgan fingerprint density at radius 1 is 0.767 bits per heavy atom. The molecule has 0 N–H and O–H groups in total. The molecule has 2 heterocycles. The molecule has 156 valence electrons. The quantitative estimate of drug-likeness (QED) is 0.710. The Balaban J connectivity index is 1.40. The van der Waals surface area contributed by atoms with E-state index in [0.29, 0.717) is 28.9 Å². The van der Waals surface area contributed by atoms with E-state index in [1.807, 2.05) is 12.1 Å². The molecule has 2 aromatic carbocycles. The topological polar surface area (TPSA) is 61.8 Å². The van der Waals surface area contributed by atoms with Gasteiger partial charge in [-0.15, -0.1) is 0 Å². The van der Waals surface area contributed by atoms with E-state index in [1.165, 1.54) is 0 Å². The summed E-state index contributed by atoms with van der Waals surface area (Å²) in [4.78, 5) is 25.6. The van der Waals surface area contributed by atoms with E-state index in [1.54, 1.807) is 48.5 Å². The minimum absolute atomic E-state index is 0.214. The molecule has 1 aliphatic carbocycles. The largest absolute Gasteiger partial charge is 0.452 e. The molecule has 2 aromatic rings. The van der Waals surface area contributed by atoms with Crippen LogP contribution in [-0.2, 0) is 14.2 Å². The molecule has 0 amide bonds. The van der Waals surface area contributed by atoms with Gasteiger partial charge >= 0.3 is 11.9 Å². The summed E-state index contributed by atoms with van der Waals surface area (Å²) in [6.45, 7) is 2.26. The van der Waals surface area contributed by atoms with Crippen LogP contribution >= 0.6 is 0 Å². The third kappa shape index (κ3) is 3.41. The highest BCUT2D eigenvalue weighted by Crippen LogP contribution is 2.53. The molecule has 0 radical (unpaired) electrons. The monoisotopic (exact) mass is 406 g/mol. The average molecular weight is 406 g/mol. The van der Waals surface area contributed by atoms with Crippen molar-refractivity contribution in [3.63, 3.8) is 0 Å². The number of benzene rings is 2. The van der Waals surface area contributed by atoms with Crippen LogP contribution in [0.15, 0.2) is 60.7 Å². The second-order valence-corrected chi connectivity index (χ2v) is 8.78. The number of ether oxygens (including phenoxy) is 3. The van der Waals surface area contributed by atoms with Gasteiger partial charge in [0.2, 0.25) is 0 Å². The van der Waals surface area contributed by atoms with Crippen molar-refractivity contribution in [1.82, 2.24) is 0 Å². The molecule has 7 atom stereocenters. The van der Waals surface area contributed by atoms with Crippen molar-refractivity contribution < 1.29 is 23.8 Å². The summed E-state index contributed by atoms with van der Waals surface area (Å²) in [6.07, 6.45) is 1.68. The van der Waals surface area contributed by atoms with Gasteiger partial charge in [-0.25, -0.2) is 9.59 Å². The van der Waals surface area contributed by atoms with Gasteiger partial charge in [0.1, 0.15) is 12.2 Å². The summed E-state index contributed by atoms with van der Waals surface area (Å²) >= 11 is 0. The second-order valence-electron chi connectivity index (χ2n) is 8.78. The lowest BCUT2D eigenvalue weighted by atomic mass is 9.66. The van der Waals surface area contributed by atoms with Crippen LogP contribution in [0.1, 0.15) is 46.9 Å². The number of hydrogen-bond acceptors (Lipinski definition) is 5. The Kier molecular flexibility index (Phi) is 5.07. The number of fused-ring (bicyclic) bond motifs is 5. The second kappa shape index (κ2) is 7.88. The SMILES string of the molecule is CC1CCC2C(C1)C1OC2C(OC(=O)c2ccccc2)C1OC(=O)c1ccccc1. The third-order valence-electron chi connectivity index (χ3n) is 6.85. The summed E-state index contributed by atoms with van der Waals surface area (Å²) in [5.41, 5.74) is 0.976. The van der Waals surface area contributed by atoms with Crippen LogP contribution < -0.4 is 0 Å². The van der Waals surface area contributed by atoms with E-state index < -0.39 is 24.1 Å². The van der Waals surface area contributed by atoms with Gasteiger partial charge in [0.25, 0.3) is 0 Å². The smallest absolute Gasteiger partial charge is 0.338 e. The Labute approximate surface area is 176 Å². The van der Waals surface area contributed by atoms with Crippen LogP contribution in [0.3, 0.4) is 0 Å². The summed E-state index contributed by atoms with van der Waals surface area (Å²) < 4.78 is 18.2. The minimum Gasteiger partial charge on any atom is -0.452 e. The summed E-state index contributed by atoms with van der Waals surface area (Å²) in [5.74, 6) is 0.520. The first-order valence-electron chi connectivity index (χ1n) is 10.8. The van der Waals surface area contributed by atoms with Crippen molar-refractivity contribution in [3.05, 3.63) is 71.8 Å². The number of rotatable bonds is 4. The van der Waals surface area contributed by atoms with Crippen molar-refractivity contribution >= 4 is 11.9 Å². The van der Waals surface area contributed by atoms with Crippen LogP contribution in [0.4, 0.5) is 0 Å². The lowest BCUT2D eigenvalue weighted by Gasteiger charge is -2.41. The van der Waals surface area contributed by atoms with E-state index in [2.05, 4.69) is 6.92 Å². The van der Waals surface area contributed by atoms with Gasteiger partial charge in [-0.2, -0.15) is 0 Å². The van der Waals surface area contributed by atoms with Gasteiger partial charge in [-0.3, -0.25) is 0 Å². The molecule has 5 rings (SSSR count). The summed E-state index contributed by atoms with van der Waals surface area (Å²) in [5, 5.41) is 0. The van der Waals surface area contributed by atoms with E-state index in [0.717, 1.165) is 19.3 Å². The molecule has 7 unspecified atom stereocenters. The molecule has 1 saturated carbocycles. The molecule has 3 fully saturated rings. The molecule has 2 bridgehead atoms. The first-order chi connectivity index (χ1) is 14.6. The molecule has 30 heavy (non-hydrogen) atoms. The van der Waals surface area contributed by atoms with Crippen LogP contribution in [0.5, 0.6) is 0 Å². The van der Waals surface area contributed by atoms with Crippen molar-refractivity contribution in [3.8, 4) is 0 Å². The fraction of sp³-hybridized carbons (Fsp3) is 0.440. The molecule has 0 spiro atoms. The van der Waals surface area contributed by atoms with Crippen molar-refractivity contribution in [1.29, 1.82) is 0 Å². The number of carbonyl (C=O) groups excluding carboxylic acids is 2. The maximum atomic E-state index is 12.8. The minimum atomic E-state index is -0.582. The van der Waals surface area contributed by atoms with E-state index in [-0.39, 0.29) is 12.2 Å². The van der Waals surface area contributed by atoms with Crippen LogP contribution in [-0.4, -0.2) is 36.4 Å². The van der Waals surface area contributed by atoms with Crippen LogP contribution in [0, 0.1) is 17.8 Å². The zero-order valence-electron chi connectivity index (χ0n) is 17.0. The molecule has 0 aromatic heterocycles. The van der Waals surface area contributed by atoms with Gasteiger partial charge in [0.05, 0.1) is 11.1 Å². The molecule has 2 aliphatic heterocycles. The molecular weight excluding hydrogens is 380 g/mol. The first-order valence-corrected chi connectivity index (χ1v) is 10.8. The van der Waals surface area contributed by atoms with Crippen LogP contribution in [0.25, 0.3) is 0 Å². The lowest BCUT2D eigenvalue weighted by Crippen LogP contribution is -2.52. The van der Waals surface area contributed by atoms with Crippen molar-refractivity contribution in [2.24, 2.45) is 17.8 Å². The number of esters is 2. The van der Waals surface area contributed by atoms with Crippen LogP contribution in [0.2, 0.25) is 0 Å². The number of hydrogen-bond donors (Lipinski definition) is 0. The highest BCUT2D eigenvalue weighted by molar-refractivity contribution is 5.90. The third-order valence-corrected chi connectivity index (χ3v) is 6.85. The van der Waals surface area contributed by atoms with E-state index >= 15 is 0 Å². The molecule has 5 heteroatoms. The Morgan fingerprint density at radius 2 is 1.27 bits per heavy atom. The van der Waals surface area contributed by atoms with E-state index in [9.17, 15) is 9.59 Å². The predicted molar refractivity (Wildman–Crippen MR) is 110 cm³/mol. The molecule has 5 nitrogen and oxygen atoms in total. The highest BCUT2D eigenvalue weighted by atomic mass is 16.6. The van der Waals surface area contributed by atoms with Crippen molar-refractivity contribution in [2.75, 3.05) is 0 Å². The molecule has 3 aliphatic rings. The number of carbonyl (C=O) groups is 2. The fourth-order valence-electron chi connectivity index (χ4n) is 5.43. The fourth-order valence-corrected chi connectivity index (χ4v) is 5.43. The van der Waals surface area contributed by atoms with Crippen molar-refractivity contribution in [2.45, 2.75) is 50.6 Å². The highest BCUT2D eigenvalue weighted by Gasteiger charge is 2.63. The molecule has 2 saturated heterocycles. The van der Waals surface area contributed by atoms with E-state index in [4.69, 9.17) is 14.2 Å². The Morgan fingerprint density at radius 3 is 1.80 bits per heavy atom. The Hall–Kier alpha value is -2.66. The predicted octanol–water partition coefficient (Wildman–Crippen LogP) is 4.27. The maximum absolute atomic E-state index is 12.8. The first kappa shape index (κ1) is 19.3. The standard InChI is InChI=1S/C25H26O5/c1-15-12-13-18-19(14-15)21-23(30-25(27)17-10-6-3-7-11-17)22(20(18)28-21)29-24(26)16-8-4-2-5-9-16/h2-11,15,18-23H,12-14H2,1H3. The molecular formula is C25H26O5. The average Bonchev–Trinajstić information content (AvgIpc) is 3.31. The van der Waals surface area contributed by atoms with Gasteiger partial charge in [-0.1, -0.05) is 49.7 Å². The summed E-state index contributed by atoms with van der Waals surface area (Å²) in [7, 11) is 0. The van der Waals surface area contributed by atoms with Gasteiger partial charge in [-0.05, 0) is 54.9 Å². The summed E-state index contributed by atoms with van der Waals surface area (Å²) in [6, 6.07) is 17.8. The van der Waals surface area contributed by atoms with Gasteiger partial charge in [0, 0.05) is 0 Å². The van der Waals surface area contributed by atoms with Gasteiger partial charge in [0.15, 0.2) is 12.2 Å². The zero-order valence-corrected chi connectivity index (χ0v) is 17.0. The zero-order chi connectivity index (χ0) is 20.7. The lowest BCUT2D eigenvalue weighted by molar-refractivity contribution is -0.0646.